The number of carbonyl (C=O) groups excluding carboxylic acids is 2. The van der Waals surface area contributed by atoms with Gasteiger partial charge in [0.1, 0.15) is 0 Å². The lowest BCUT2D eigenvalue weighted by Crippen LogP contribution is -2.24. The number of thioether (sulfide) groups is 1. The second-order valence-electron chi connectivity index (χ2n) is 7.53. The molecule has 0 aliphatic heterocycles. The van der Waals surface area contributed by atoms with Crippen LogP contribution in [0.15, 0.2) is 46.7 Å². The van der Waals surface area contributed by atoms with Crippen molar-refractivity contribution in [3.05, 3.63) is 57.2 Å². The number of rotatable bonds is 14. The van der Waals surface area contributed by atoms with E-state index in [0.29, 0.717) is 22.2 Å². The summed E-state index contributed by atoms with van der Waals surface area (Å²) >= 11 is 4.51. The van der Waals surface area contributed by atoms with Gasteiger partial charge in [-0.1, -0.05) is 44.7 Å². The van der Waals surface area contributed by atoms with E-state index >= 15 is 0 Å². The zero-order valence-corrected chi connectivity index (χ0v) is 21.0. The van der Waals surface area contributed by atoms with Crippen molar-refractivity contribution in [1.29, 1.82) is 0 Å². The molecule has 3 rings (SSSR count). The standard InChI is InChI=1S/C24H29N3O3S3/c1-2-3-4-5-8-13-31-20-10-7-6-9-19(20)25-15-18-11-12-21(33-18)23(30)27-24-26-17(16-32-24)14-22(28)29/h6-7,9-12,16,25H,2-5,8,13-15H2,1H3,(H,28,29)(H,26,27,30)/p-1. The number of hydrogen-bond acceptors (Lipinski definition) is 8. The molecule has 0 aliphatic rings. The zero-order valence-electron chi connectivity index (χ0n) is 18.6. The largest absolute Gasteiger partial charge is 0.550 e. The van der Waals surface area contributed by atoms with Gasteiger partial charge in [0.05, 0.1) is 10.6 Å². The predicted octanol–water partition coefficient (Wildman–Crippen LogP) is 5.42. The number of carboxylic acids is 1. The summed E-state index contributed by atoms with van der Waals surface area (Å²) in [7, 11) is 0. The number of unbranched alkanes of at least 4 members (excludes halogenated alkanes) is 4. The highest BCUT2D eigenvalue weighted by molar-refractivity contribution is 7.99. The van der Waals surface area contributed by atoms with Gasteiger partial charge in [0.2, 0.25) is 0 Å². The van der Waals surface area contributed by atoms with E-state index in [-0.39, 0.29) is 12.3 Å². The van der Waals surface area contributed by atoms with Crippen LogP contribution in [-0.4, -0.2) is 22.6 Å². The highest BCUT2D eigenvalue weighted by atomic mass is 32.2. The molecule has 0 radical (unpaired) electrons. The summed E-state index contributed by atoms with van der Waals surface area (Å²) in [4.78, 5) is 30.2. The number of thiazole rings is 1. The van der Waals surface area contributed by atoms with Crippen LogP contribution in [0.2, 0.25) is 0 Å². The van der Waals surface area contributed by atoms with E-state index in [9.17, 15) is 14.7 Å². The molecule has 0 aliphatic carbocycles. The van der Waals surface area contributed by atoms with E-state index in [4.69, 9.17) is 0 Å². The van der Waals surface area contributed by atoms with E-state index in [1.807, 2.05) is 23.9 Å². The number of aromatic nitrogens is 1. The highest BCUT2D eigenvalue weighted by Gasteiger charge is 2.12. The molecule has 0 unspecified atom stereocenters. The Balaban J connectivity index is 1.49. The van der Waals surface area contributed by atoms with Crippen LogP contribution in [0.5, 0.6) is 0 Å². The predicted molar refractivity (Wildman–Crippen MR) is 136 cm³/mol. The number of amides is 1. The summed E-state index contributed by atoms with van der Waals surface area (Å²) in [5.41, 5.74) is 1.49. The lowest BCUT2D eigenvalue weighted by Gasteiger charge is -2.11. The van der Waals surface area contributed by atoms with Crippen molar-refractivity contribution in [2.45, 2.75) is 56.9 Å². The van der Waals surface area contributed by atoms with Gasteiger partial charge in [-0.05, 0) is 36.4 Å². The Hall–Kier alpha value is -2.36. The molecule has 3 aromatic rings. The number of aliphatic carboxylic acids is 1. The fourth-order valence-electron chi connectivity index (χ4n) is 3.16. The van der Waals surface area contributed by atoms with Crippen molar-refractivity contribution in [3.63, 3.8) is 0 Å². The van der Waals surface area contributed by atoms with Crippen molar-refractivity contribution in [1.82, 2.24) is 4.98 Å². The summed E-state index contributed by atoms with van der Waals surface area (Å²) in [6.45, 7) is 2.87. The minimum atomic E-state index is -1.19. The molecule has 0 saturated heterocycles. The highest BCUT2D eigenvalue weighted by Crippen LogP contribution is 2.29. The van der Waals surface area contributed by atoms with E-state index in [2.05, 4.69) is 40.7 Å². The fourth-order valence-corrected chi connectivity index (χ4v) is 5.74. The lowest BCUT2D eigenvalue weighted by molar-refractivity contribution is -0.304. The van der Waals surface area contributed by atoms with Gasteiger partial charge in [-0.25, -0.2) is 4.98 Å². The maximum Gasteiger partial charge on any atom is 0.267 e. The van der Waals surface area contributed by atoms with Crippen LogP contribution >= 0.6 is 34.4 Å². The normalized spacial score (nSPS) is 10.8. The van der Waals surface area contributed by atoms with Crippen molar-refractivity contribution in [3.8, 4) is 0 Å². The molecule has 0 spiro atoms. The molecule has 6 nitrogen and oxygen atoms in total. The quantitative estimate of drug-likeness (QED) is 0.226. The van der Waals surface area contributed by atoms with Crippen LogP contribution in [-0.2, 0) is 17.8 Å². The lowest BCUT2D eigenvalue weighted by atomic mass is 10.2. The van der Waals surface area contributed by atoms with Crippen LogP contribution < -0.4 is 15.7 Å². The van der Waals surface area contributed by atoms with Crippen LogP contribution in [0.25, 0.3) is 0 Å². The summed E-state index contributed by atoms with van der Waals surface area (Å²) in [5, 5.41) is 18.9. The average molecular weight is 503 g/mol. The van der Waals surface area contributed by atoms with Gasteiger partial charge < -0.3 is 15.2 Å². The first-order valence-corrected chi connectivity index (χ1v) is 13.7. The van der Waals surface area contributed by atoms with Crippen LogP contribution in [0.1, 0.15) is 59.3 Å². The number of thiophene rings is 1. The molecular weight excluding hydrogens is 474 g/mol. The monoisotopic (exact) mass is 502 g/mol. The second kappa shape index (κ2) is 13.4. The number of carboxylic acid groups (broad SMARTS) is 1. The topological polar surface area (TPSA) is 94.2 Å². The minimum absolute atomic E-state index is 0.250. The van der Waals surface area contributed by atoms with Gasteiger partial charge in [0.15, 0.2) is 5.13 Å². The Morgan fingerprint density at radius 2 is 1.91 bits per heavy atom. The smallest absolute Gasteiger partial charge is 0.267 e. The van der Waals surface area contributed by atoms with Gasteiger partial charge >= 0.3 is 0 Å². The van der Waals surface area contributed by atoms with Gasteiger partial charge in [-0.2, -0.15) is 0 Å². The molecule has 9 heteroatoms. The van der Waals surface area contributed by atoms with Crippen LogP contribution in [0.4, 0.5) is 10.8 Å². The summed E-state index contributed by atoms with van der Waals surface area (Å²) in [6.07, 6.45) is 6.15. The molecular formula is C24H28N3O3S3-. The van der Waals surface area contributed by atoms with Crippen molar-refractivity contribution >= 4 is 57.1 Å². The average Bonchev–Trinajstić information content (AvgIpc) is 3.44. The summed E-state index contributed by atoms with van der Waals surface area (Å²) in [6, 6.07) is 12.1. The number of para-hydroxylation sites is 1. The molecule has 0 fully saturated rings. The summed E-state index contributed by atoms with van der Waals surface area (Å²) < 4.78 is 0. The number of carbonyl (C=O) groups is 2. The van der Waals surface area contributed by atoms with Crippen molar-refractivity contribution < 1.29 is 14.7 Å². The molecule has 0 bridgehead atoms. The third kappa shape index (κ3) is 8.49. The Labute approximate surface area is 206 Å². The van der Waals surface area contributed by atoms with E-state index in [1.54, 1.807) is 11.4 Å². The first-order valence-electron chi connectivity index (χ1n) is 11.0. The van der Waals surface area contributed by atoms with Gasteiger partial charge in [-0.3, -0.25) is 10.1 Å². The van der Waals surface area contributed by atoms with E-state index < -0.39 is 5.97 Å². The first kappa shape index (κ1) is 25.3. The molecule has 33 heavy (non-hydrogen) atoms. The Bertz CT molecular complexity index is 1050. The van der Waals surface area contributed by atoms with Crippen molar-refractivity contribution in [2.24, 2.45) is 0 Å². The third-order valence-electron chi connectivity index (χ3n) is 4.83. The first-order chi connectivity index (χ1) is 16.0. The number of anilines is 2. The molecule has 176 valence electrons. The molecule has 1 amide bonds. The van der Waals surface area contributed by atoms with E-state index in [0.717, 1.165) is 16.3 Å². The molecule has 1 aromatic carbocycles. The van der Waals surface area contributed by atoms with Crippen LogP contribution in [0, 0.1) is 0 Å². The molecule has 0 saturated carbocycles. The Kier molecular flexibility index (Phi) is 10.2. The number of nitrogens with one attached hydrogen (secondary N) is 2. The maximum absolute atomic E-state index is 12.5. The maximum atomic E-state index is 12.5. The Morgan fingerprint density at radius 3 is 2.73 bits per heavy atom. The summed E-state index contributed by atoms with van der Waals surface area (Å²) in [5.74, 6) is -0.326. The van der Waals surface area contributed by atoms with Crippen LogP contribution in [0.3, 0.4) is 0 Å². The molecule has 2 N–H and O–H groups in total. The SMILES string of the molecule is CCCCCCCSc1ccccc1NCc1ccc(C(=O)Nc2nc(CC(=O)[O-])cs2)s1. The molecule has 0 atom stereocenters. The Morgan fingerprint density at radius 1 is 1.09 bits per heavy atom. The zero-order chi connectivity index (χ0) is 23.5. The third-order valence-corrected chi connectivity index (χ3v) is 7.88. The number of nitrogens with zero attached hydrogens (tertiary/aromatic N) is 1. The number of benzene rings is 1. The van der Waals surface area contributed by atoms with Gasteiger partial charge in [-0.15, -0.1) is 34.4 Å². The number of hydrogen-bond donors (Lipinski definition) is 2. The minimum Gasteiger partial charge on any atom is -0.550 e. The van der Waals surface area contributed by atoms with Gasteiger partial charge in [0, 0.05) is 39.8 Å². The second-order valence-corrected chi connectivity index (χ2v) is 10.7. The molecule has 2 aromatic heterocycles. The van der Waals surface area contributed by atoms with Gasteiger partial charge in [0.25, 0.3) is 5.91 Å². The fraction of sp³-hybridized carbons (Fsp3) is 0.375. The van der Waals surface area contributed by atoms with Crippen molar-refractivity contribution in [2.75, 3.05) is 16.4 Å². The molecule has 2 heterocycles. The van der Waals surface area contributed by atoms with E-state index in [1.165, 1.54) is 59.7 Å².